The Kier molecular flexibility index (Phi) is 7.50. The number of nitrogens with one attached hydrogen (secondary N) is 2. The highest BCUT2D eigenvalue weighted by Crippen LogP contribution is 2.44. The number of carboxylic acid groups (broad SMARTS) is 1. The summed E-state index contributed by atoms with van der Waals surface area (Å²) in [5.74, 6) is -1.13. The maximum atomic E-state index is 12.7. The van der Waals surface area contributed by atoms with Gasteiger partial charge in [-0.15, -0.1) is 0 Å². The number of hydrogen-bond acceptors (Lipinski definition) is 4. The largest absolute Gasteiger partial charge is 0.481 e. The molecule has 2 amide bonds. The van der Waals surface area contributed by atoms with E-state index in [4.69, 9.17) is 9.84 Å². The Balaban J connectivity index is 1.31. The molecule has 2 unspecified atom stereocenters. The van der Waals surface area contributed by atoms with E-state index in [0.717, 1.165) is 35.1 Å². The normalized spacial score (nSPS) is 16.1. The topological polar surface area (TPSA) is 105 Å². The number of amides is 2. The van der Waals surface area contributed by atoms with Crippen LogP contribution < -0.4 is 10.6 Å². The minimum absolute atomic E-state index is 0.0370. The van der Waals surface area contributed by atoms with Gasteiger partial charge in [0.15, 0.2) is 0 Å². The summed E-state index contributed by atoms with van der Waals surface area (Å²) in [5, 5.41) is 14.6. The summed E-state index contributed by atoms with van der Waals surface area (Å²) in [6.45, 7) is 2.23. The van der Waals surface area contributed by atoms with Gasteiger partial charge in [-0.2, -0.15) is 0 Å². The van der Waals surface area contributed by atoms with E-state index >= 15 is 0 Å². The number of fused-ring (bicyclic) bond motifs is 3. The molecule has 2 aliphatic rings. The summed E-state index contributed by atoms with van der Waals surface area (Å²) in [6, 6.07) is 15.6. The van der Waals surface area contributed by atoms with Crippen molar-refractivity contribution in [2.24, 2.45) is 11.8 Å². The van der Waals surface area contributed by atoms with Crippen LogP contribution in [-0.2, 0) is 14.3 Å². The average molecular weight is 465 g/mol. The number of alkyl carbamates (subject to hydrolysis) is 1. The number of benzene rings is 2. The second kappa shape index (κ2) is 10.7. The third-order valence-corrected chi connectivity index (χ3v) is 6.75. The van der Waals surface area contributed by atoms with Crippen molar-refractivity contribution in [2.45, 2.75) is 51.0 Å². The van der Waals surface area contributed by atoms with Crippen molar-refractivity contribution in [3.8, 4) is 11.1 Å². The Labute approximate surface area is 199 Å². The molecule has 0 saturated heterocycles. The molecule has 7 nitrogen and oxygen atoms in total. The van der Waals surface area contributed by atoms with Crippen molar-refractivity contribution in [3.63, 3.8) is 0 Å². The fraction of sp³-hybridized carbons (Fsp3) is 0.444. The molecule has 2 aromatic carbocycles. The molecule has 0 radical (unpaired) electrons. The first kappa shape index (κ1) is 23.8. The molecular weight excluding hydrogens is 432 g/mol. The highest BCUT2D eigenvalue weighted by molar-refractivity contribution is 5.85. The lowest BCUT2D eigenvalue weighted by Crippen LogP contribution is -2.47. The number of carboxylic acids is 1. The monoisotopic (exact) mass is 464 g/mol. The van der Waals surface area contributed by atoms with Gasteiger partial charge in [0.1, 0.15) is 12.6 Å². The van der Waals surface area contributed by atoms with Crippen molar-refractivity contribution in [3.05, 3.63) is 59.7 Å². The molecule has 1 fully saturated rings. The molecule has 2 aliphatic carbocycles. The van der Waals surface area contributed by atoms with Gasteiger partial charge >= 0.3 is 12.1 Å². The fourth-order valence-corrected chi connectivity index (χ4v) is 4.57. The molecule has 0 bridgehead atoms. The second-order valence-electron chi connectivity index (χ2n) is 9.37. The molecule has 180 valence electrons. The maximum Gasteiger partial charge on any atom is 0.407 e. The van der Waals surface area contributed by atoms with Gasteiger partial charge in [-0.1, -0.05) is 68.3 Å². The van der Waals surface area contributed by atoms with E-state index in [1.165, 1.54) is 0 Å². The maximum absolute atomic E-state index is 12.7. The van der Waals surface area contributed by atoms with Crippen LogP contribution in [0.15, 0.2) is 48.5 Å². The lowest BCUT2D eigenvalue weighted by atomic mass is 9.98. The van der Waals surface area contributed by atoms with E-state index in [9.17, 15) is 14.4 Å². The van der Waals surface area contributed by atoms with Crippen LogP contribution in [0.2, 0.25) is 0 Å². The first-order valence-corrected chi connectivity index (χ1v) is 12.1. The van der Waals surface area contributed by atoms with Gasteiger partial charge in [0, 0.05) is 12.5 Å². The van der Waals surface area contributed by atoms with Crippen LogP contribution in [0, 0.1) is 11.8 Å². The van der Waals surface area contributed by atoms with Crippen LogP contribution in [0.1, 0.15) is 56.1 Å². The van der Waals surface area contributed by atoms with Gasteiger partial charge in [-0.25, -0.2) is 4.79 Å². The van der Waals surface area contributed by atoms with E-state index in [2.05, 4.69) is 34.9 Å². The Morgan fingerprint density at radius 2 is 1.65 bits per heavy atom. The Morgan fingerprint density at radius 1 is 1.03 bits per heavy atom. The number of aliphatic carboxylic acids is 1. The summed E-state index contributed by atoms with van der Waals surface area (Å²) in [6.07, 6.45) is 3.17. The molecule has 2 aromatic rings. The van der Waals surface area contributed by atoms with Crippen molar-refractivity contribution < 1.29 is 24.2 Å². The third-order valence-electron chi connectivity index (χ3n) is 6.75. The average Bonchev–Trinajstić information content (AvgIpc) is 3.60. The summed E-state index contributed by atoms with van der Waals surface area (Å²) >= 11 is 0. The molecule has 0 aliphatic heterocycles. The number of carbonyl (C=O) groups excluding carboxylic acids is 2. The minimum atomic E-state index is -0.838. The quantitative estimate of drug-likeness (QED) is 0.430. The Bertz CT molecular complexity index is 1000. The first-order valence-electron chi connectivity index (χ1n) is 12.1. The molecule has 0 heterocycles. The second-order valence-corrected chi connectivity index (χ2v) is 9.37. The molecule has 4 rings (SSSR count). The van der Waals surface area contributed by atoms with Crippen molar-refractivity contribution in [1.82, 2.24) is 10.6 Å². The van der Waals surface area contributed by atoms with E-state index < -0.39 is 24.0 Å². The molecule has 7 heteroatoms. The first-order chi connectivity index (χ1) is 16.4. The molecule has 34 heavy (non-hydrogen) atoms. The number of carbonyl (C=O) groups is 3. The van der Waals surface area contributed by atoms with Gasteiger partial charge in [0.25, 0.3) is 0 Å². The van der Waals surface area contributed by atoms with Gasteiger partial charge in [0.2, 0.25) is 5.91 Å². The van der Waals surface area contributed by atoms with Crippen molar-refractivity contribution in [1.29, 1.82) is 0 Å². The lowest BCUT2D eigenvalue weighted by molar-refractivity contribution is -0.141. The van der Waals surface area contributed by atoms with Gasteiger partial charge < -0.3 is 20.5 Å². The highest BCUT2D eigenvalue weighted by Gasteiger charge is 2.32. The van der Waals surface area contributed by atoms with Crippen LogP contribution in [0.4, 0.5) is 4.79 Å². The van der Waals surface area contributed by atoms with E-state index in [1.54, 1.807) is 6.92 Å². The zero-order chi connectivity index (χ0) is 24.1. The molecular formula is C27H32N2O5. The number of hydrogen-bond donors (Lipinski definition) is 3. The third kappa shape index (κ3) is 5.76. The molecule has 0 spiro atoms. The SMILES string of the molecule is CC(CCCNC(=O)C(CC1CC1)NC(=O)OCC1c2ccccc2-c2ccccc21)C(=O)O. The van der Waals surface area contributed by atoms with Crippen LogP contribution in [-0.4, -0.2) is 42.3 Å². The Hall–Kier alpha value is -3.35. The van der Waals surface area contributed by atoms with Gasteiger partial charge in [-0.3, -0.25) is 9.59 Å². The summed E-state index contributed by atoms with van der Waals surface area (Å²) in [5.41, 5.74) is 4.60. The summed E-state index contributed by atoms with van der Waals surface area (Å²) < 4.78 is 5.61. The van der Waals surface area contributed by atoms with Crippen LogP contribution in [0.25, 0.3) is 11.1 Å². The lowest BCUT2D eigenvalue weighted by Gasteiger charge is -2.20. The summed E-state index contributed by atoms with van der Waals surface area (Å²) in [7, 11) is 0. The van der Waals surface area contributed by atoms with E-state index in [1.807, 2.05) is 24.3 Å². The van der Waals surface area contributed by atoms with Gasteiger partial charge in [-0.05, 0) is 47.4 Å². The number of ether oxygens (including phenoxy) is 1. The smallest absolute Gasteiger partial charge is 0.407 e. The summed E-state index contributed by atoms with van der Waals surface area (Å²) in [4.78, 5) is 36.3. The minimum Gasteiger partial charge on any atom is -0.481 e. The molecule has 3 N–H and O–H groups in total. The predicted molar refractivity (Wildman–Crippen MR) is 128 cm³/mol. The van der Waals surface area contributed by atoms with E-state index in [0.29, 0.717) is 31.7 Å². The fourth-order valence-electron chi connectivity index (χ4n) is 4.57. The predicted octanol–water partition coefficient (Wildman–Crippen LogP) is 4.31. The van der Waals surface area contributed by atoms with Crippen molar-refractivity contribution >= 4 is 18.0 Å². The zero-order valence-electron chi connectivity index (χ0n) is 19.5. The Morgan fingerprint density at radius 3 is 2.24 bits per heavy atom. The zero-order valence-corrected chi connectivity index (χ0v) is 19.5. The van der Waals surface area contributed by atoms with Crippen LogP contribution >= 0.6 is 0 Å². The standard InChI is InChI=1S/C27H32N2O5/c1-17(26(31)32)7-6-14-28-25(30)24(15-18-12-13-18)29-27(33)34-16-23-21-10-4-2-8-19(21)20-9-3-5-11-22(20)23/h2-5,8-11,17-18,23-24H,6-7,12-16H2,1H3,(H,28,30)(H,29,33)(H,31,32). The van der Waals surface area contributed by atoms with Crippen molar-refractivity contribution in [2.75, 3.05) is 13.2 Å². The molecule has 0 aromatic heterocycles. The molecule has 2 atom stereocenters. The van der Waals surface area contributed by atoms with Crippen LogP contribution in [0.5, 0.6) is 0 Å². The molecule has 1 saturated carbocycles. The highest BCUT2D eigenvalue weighted by atomic mass is 16.5. The van der Waals surface area contributed by atoms with Gasteiger partial charge in [0.05, 0.1) is 5.92 Å². The van der Waals surface area contributed by atoms with Crippen LogP contribution in [0.3, 0.4) is 0 Å². The van der Waals surface area contributed by atoms with E-state index in [-0.39, 0.29) is 18.4 Å². The number of rotatable bonds is 11.